The largest absolute Gasteiger partial charge is 0.460 e. The van der Waals surface area contributed by atoms with Crippen molar-refractivity contribution in [3.8, 4) is 0 Å². The van der Waals surface area contributed by atoms with Crippen molar-refractivity contribution >= 4 is 5.97 Å². The van der Waals surface area contributed by atoms with E-state index in [1.165, 1.54) is 16.7 Å². The Morgan fingerprint density at radius 2 is 2.00 bits per heavy atom. The fourth-order valence-corrected chi connectivity index (χ4v) is 2.61. The van der Waals surface area contributed by atoms with Gasteiger partial charge in [-0.15, -0.1) is 0 Å². The first-order valence-corrected chi connectivity index (χ1v) is 8.27. The van der Waals surface area contributed by atoms with Gasteiger partial charge in [0, 0.05) is 0 Å². The van der Waals surface area contributed by atoms with E-state index in [-0.39, 0.29) is 17.8 Å². The Labute approximate surface area is 136 Å². The van der Waals surface area contributed by atoms with Crippen molar-refractivity contribution in [1.82, 2.24) is 0 Å². The fraction of sp³-hybridized carbons (Fsp3) is 0.650. The monoisotopic (exact) mass is 304 g/mol. The van der Waals surface area contributed by atoms with E-state index in [2.05, 4.69) is 39.5 Å². The van der Waals surface area contributed by atoms with Crippen molar-refractivity contribution in [3.63, 3.8) is 0 Å². The lowest BCUT2D eigenvalue weighted by Gasteiger charge is -2.27. The minimum Gasteiger partial charge on any atom is -0.460 e. The van der Waals surface area contributed by atoms with Crippen molar-refractivity contribution in [2.24, 2.45) is 17.8 Å². The Morgan fingerprint density at radius 1 is 1.41 bits per heavy atom. The summed E-state index contributed by atoms with van der Waals surface area (Å²) in [6, 6.07) is 0. The molecule has 0 saturated heterocycles. The molecule has 2 nitrogen and oxygen atoms in total. The van der Waals surface area contributed by atoms with Gasteiger partial charge in [-0.2, -0.15) is 0 Å². The lowest BCUT2D eigenvalue weighted by molar-refractivity contribution is -0.160. The summed E-state index contributed by atoms with van der Waals surface area (Å²) in [6.45, 7) is 18.1. The van der Waals surface area contributed by atoms with Gasteiger partial charge in [-0.05, 0) is 64.9 Å². The third kappa shape index (κ3) is 5.47. The number of esters is 1. The third-order valence-electron chi connectivity index (χ3n) is 4.41. The number of hydrogen-bond donors (Lipinski definition) is 0. The smallest absolute Gasteiger partial charge is 0.309 e. The van der Waals surface area contributed by atoms with Gasteiger partial charge in [0.15, 0.2) is 0 Å². The van der Waals surface area contributed by atoms with Crippen LogP contribution in [0.1, 0.15) is 61.3 Å². The van der Waals surface area contributed by atoms with Gasteiger partial charge >= 0.3 is 5.97 Å². The number of ether oxygens (including phenoxy) is 1. The molecule has 3 atom stereocenters. The molecule has 0 saturated carbocycles. The maximum Gasteiger partial charge on any atom is 0.309 e. The average molecular weight is 304 g/mol. The van der Waals surface area contributed by atoms with Crippen LogP contribution in [0.25, 0.3) is 0 Å². The third-order valence-corrected chi connectivity index (χ3v) is 4.41. The molecule has 0 aromatic carbocycles. The molecule has 0 aromatic heterocycles. The van der Waals surface area contributed by atoms with E-state index < -0.39 is 5.60 Å². The van der Waals surface area contributed by atoms with Crippen LogP contribution >= 0.6 is 0 Å². The molecule has 0 bridgehead atoms. The molecule has 0 fully saturated rings. The summed E-state index contributed by atoms with van der Waals surface area (Å²) in [6.07, 6.45) is 6.65. The van der Waals surface area contributed by atoms with Gasteiger partial charge in [0.05, 0.1) is 5.92 Å². The predicted octanol–water partition coefficient (Wildman–Crippen LogP) is 5.46. The molecule has 22 heavy (non-hydrogen) atoms. The van der Waals surface area contributed by atoms with Crippen LogP contribution < -0.4 is 0 Å². The minimum atomic E-state index is -0.427. The van der Waals surface area contributed by atoms with Gasteiger partial charge in [-0.1, -0.05) is 43.7 Å². The van der Waals surface area contributed by atoms with Crippen LogP contribution in [-0.4, -0.2) is 11.6 Å². The second-order valence-electron chi connectivity index (χ2n) is 7.74. The number of allylic oxidation sites excluding steroid dienone is 5. The molecule has 0 amide bonds. The Bertz CT molecular complexity index is 488. The highest BCUT2D eigenvalue weighted by Crippen LogP contribution is 2.33. The fourth-order valence-electron chi connectivity index (χ4n) is 2.61. The summed E-state index contributed by atoms with van der Waals surface area (Å²) >= 11 is 0. The van der Waals surface area contributed by atoms with E-state index in [0.29, 0.717) is 5.92 Å². The first kappa shape index (κ1) is 18.7. The molecule has 124 valence electrons. The number of hydrogen-bond acceptors (Lipinski definition) is 2. The molecule has 0 heterocycles. The molecule has 1 aliphatic rings. The Hall–Kier alpha value is -1.31. The molecule has 0 spiro atoms. The lowest BCUT2D eigenvalue weighted by Crippen LogP contribution is -2.30. The molecule has 2 heteroatoms. The number of carbonyl (C=O) groups is 1. The highest BCUT2D eigenvalue weighted by atomic mass is 16.6. The van der Waals surface area contributed by atoms with E-state index in [4.69, 9.17) is 4.74 Å². The van der Waals surface area contributed by atoms with Crippen molar-refractivity contribution < 1.29 is 9.53 Å². The maximum absolute atomic E-state index is 12.2. The molecular formula is C20H32O2. The summed E-state index contributed by atoms with van der Waals surface area (Å²) in [5, 5.41) is 0. The van der Waals surface area contributed by atoms with Crippen LogP contribution in [0.4, 0.5) is 0 Å². The zero-order valence-corrected chi connectivity index (χ0v) is 15.3. The molecule has 0 aromatic rings. The highest BCUT2D eigenvalue weighted by molar-refractivity contribution is 5.73. The predicted molar refractivity (Wildman–Crippen MR) is 93.6 cm³/mol. The molecular weight excluding hydrogens is 272 g/mol. The van der Waals surface area contributed by atoms with E-state index in [1.807, 2.05) is 27.7 Å². The summed E-state index contributed by atoms with van der Waals surface area (Å²) < 4.78 is 5.50. The molecule has 1 aliphatic carbocycles. The molecule has 0 aliphatic heterocycles. The summed E-state index contributed by atoms with van der Waals surface area (Å²) in [4.78, 5) is 12.2. The molecule has 0 unspecified atom stereocenters. The normalized spacial score (nSPS) is 23.7. The van der Waals surface area contributed by atoms with Crippen molar-refractivity contribution in [2.75, 3.05) is 0 Å². The van der Waals surface area contributed by atoms with E-state index in [1.54, 1.807) is 0 Å². The number of rotatable bonds is 4. The van der Waals surface area contributed by atoms with Crippen LogP contribution in [0.5, 0.6) is 0 Å². The zero-order valence-electron chi connectivity index (χ0n) is 15.3. The van der Waals surface area contributed by atoms with Crippen LogP contribution in [0, 0.1) is 17.8 Å². The van der Waals surface area contributed by atoms with Crippen LogP contribution in [0.2, 0.25) is 0 Å². The second kappa shape index (κ2) is 7.30. The maximum atomic E-state index is 12.2. The van der Waals surface area contributed by atoms with Gasteiger partial charge in [0.25, 0.3) is 0 Å². The van der Waals surface area contributed by atoms with Crippen LogP contribution in [0.15, 0.2) is 35.5 Å². The van der Waals surface area contributed by atoms with Crippen molar-refractivity contribution in [3.05, 3.63) is 35.5 Å². The standard InChI is InChI=1S/C20H32O2/c1-13(2)17-10-9-14(3)18(12-17)11-15(4)16(5)19(21)22-20(6,7)8/h9,11,15-17H,1,10,12H2,2-8H3/b18-11-/t15-,16-,17+/m0/s1. The van der Waals surface area contributed by atoms with Gasteiger partial charge in [0.2, 0.25) is 0 Å². The molecule has 1 rings (SSSR count). The Balaban J connectivity index is 2.82. The first-order chi connectivity index (χ1) is 10.0. The average Bonchev–Trinajstić information content (AvgIpc) is 2.37. The second-order valence-corrected chi connectivity index (χ2v) is 7.74. The van der Waals surface area contributed by atoms with Gasteiger partial charge in [0.1, 0.15) is 5.60 Å². The lowest BCUT2D eigenvalue weighted by atomic mass is 9.80. The first-order valence-electron chi connectivity index (χ1n) is 8.27. The Morgan fingerprint density at radius 3 is 2.50 bits per heavy atom. The number of carbonyl (C=O) groups excluding carboxylic acids is 1. The van der Waals surface area contributed by atoms with Gasteiger partial charge in [-0.25, -0.2) is 0 Å². The zero-order chi connectivity index (χ0) is 17.1. The minimum absolute atomic E-state index is 0.120. The summed E-state index contributed by atoms with van der Waals surface area (Å²) in [5.74, 6) is 0.437. The molecule has 0 N–H and O–H groups in total. The quantitative estimate of drug-likeness (QED) is 0.509. The van der Waals surface area contributed by atoms with E-state index in [9.17, 15) is 4.79 Å². The highest BCUT2D eigenvalue weighted by Gasteiger charge is 2.26. The Kier molecular flexibility index (Phi) is 6.22. The van der Waals surface area contributed by atoms with Crippen molar-refractivity contribution in [2.45, 2.75) is 66.9 Å². The summed E-state index contributed by atoms with van der Waals surface area (Å²) in [7, 11) is 0. The van der Waals surface area contributed by atoms with Crippen LogP contribution in [-0.2, 0) is 9.53 Å². The SMILES string of the molecule is C=C(C)[C@@H]1CC=C(C)/C(=C\[C@H](C)[C@H](C)C(=O)OC(C)(C)C)C1. The van der Waals surface area contributed by atoms with Gasteiger partial charge < -0.3 is 4.74 Å². The van der Waals surface area contributed by atoms with E-state index in [0.717, 1.165) is 12.8 Å². The van der Waals surface area contributed by atoms with Gasteiger partial charge in [-0.3, -0.25) is 4.79 Å². The molecule has 0 radical (unpaired) electrons. The topological polar surface area (TPSA) is 26.3 Å². The van der Waals surface area contributed by atoms with Crippen molar-refractivity contribution in [1.29, 1.82) is 0 Å². The van der Waals surface area contributed by atoms with Crippen LogP contribution in [0.3, 0.4) is 0 Å². The van der Waals surface area contributed by atoms with E-state index >= 15 is 0 Å². The summed E-state index contributed by atoms with van der Waals surface area (Å²) in [5.41, 5.74) is 3.49.